The van der Waals surface area contributed by atoms with E-state index in [4.69, 9.17) is 5.41 Å². The van der Waals surface area contributed by atoms with Crippen molar-refractivity contribution in [3.63, 3.8) is 0 Å². The van der Waals surface area contributed by atoms with Crippen LogP contribution in [0.5, 0.6) is 0 Å². The molecule has 2 aromatic rings. The summed E-state index contributed by atoms with van der Waals surface area (Å²) in [6, 6.07) is 20.9. The molecule has 0 saturated carbocycles. The van der Waals surface area contributed by atoms with Gasteiger partial charge in [0, 0.05) is 5.71 Å². The van der Waals surface area contributed by atoms with Crippen LogP contribution in [0, 0.1) is 5.41 Å². The first-order chi connectivity index (χ1) is 13.6. The number of hydrogen-bond acceptors (Lipinski definition) is 1. The lowest BCUT2D eigenvalue weighted by Crippen LogP contribution is -1.97. The van der Waals surface area contributed by atoms with E-state index in [0.717, 1.165) is 11.1 Å². The molecule has 1 heteroatoms. The average molecular weight is 366 g/mol. The van der Waals surface area contributed by atoms with E-state index >= 15 is 0 Å². The van der Waals surface area contributed by atoms with Crippen LogP contribution in [0.4, 0.5) is 0 Å². The van der Waals surface area contributed by atoms with Crippen molar-refractivity contribution in [1.29, 1.82) is 5.41 Å². The minimum absolute atomic E-state index is 0.561. The smallest absolute Gasteiger partial charge is 0.0289 e. The van der Waals surface area contributed by atoms with Gasteiger partial charge in [-0.05, 0) is 64.5 Å². The quantitative estimate of drug-likeness (QED) is 0.545. The van der Waals surface area contributed by atoms with Crippen molar-refractivity contribution in [1.82, 2.24) is 0 Å². The van der Waals surface area contributed by atoms with Crippen LogP contribution in [-0.4, -0.2) is 5.71 Å². The van der Waals surface area contributed by atoms with E-state index in [9.17, 15) is 0 Å². The van der Waals surface area contributed by atoms with Crippen LogP contribution in [0.25, 0.3) is 11.1 Å². The Morgan fingerprint density at radius 3 is 2.04 bits per heavy atom. The molecule has 28 heavy (non-hydrogen) atoms. The summed E-state index contributed by atoms with van der Waals surface area (Å²) in [5.74, 6) is 0. The number of nitrogens with one attached hydrogen (secondary N) is 1. The molecule has 0 heterocycles. The molecule has 2 aliphatic carbocycles. The van der Waals surface area contributed by atoms with E-state index in [2.05, 4.69) is 79.7 Å². The van der Waals surface area contributed by atoms with Gasteiger partial charge in [-0.3, -0.25) is 0 Å². The zero-order valence-corrected chi connectivity index (χ0v) is 17.1. The van der Waals surface area contributed by atoms with Gasteiger partial charge >= 0.3 is 0 Å². The van der Waals surface area contributed by atoms with Gasteiger partial charge in [-0.25, -0.2) is 0 Å². The van der Waals surface area contributed by atoms with E-state index in [1.807, 2.05) is 32.9 Å². The molecule has 0 fully saturated rings. The first kappa shape index (κ1) is 19.6. The van der Waals surface area contributed by atoms with Gasteiger partial charge in [-0.1, -0.05) is 92.7 Å². The first-order valence-electron chi connectivity index (χ1n) is 9.89. The zero-order chi connectivity index (χ0) is 20.1. The van der Waals surface area contributed by atoms with Crippen molar-refractivity contribution in [2.75, 3.05) is 0 Å². The summed E-state index contributed by atoms with van der Waals surface area (Å²) in [5, 5.41) is 8.00. The molecule has 0 atom stereocenters. The van der Waals surface area contributed by atoms with Gasteiger partial charge in [0.05, 0.1) is 0 Å². The molecule has 0 saturated heterocycles. The van der Waals surface area contributed by atoms with Gasteiger partial charge in [0.15, 0.2) is 0 Å². The maximum absolute atomic E-state index is 8.00. The molecule has 1 N–H and O–H groups in total. The predicted octanol–water partition coefficient (Wildman–Crippen LogP) is 7.42. The number of allylic oxidation sites excluding steroid dienone is 10. The third-order valence-corrected chi connectivity index (χ3v) is 4.82. The van der Waals surface area contributed by atoms with Gasteiger partial charge in [0.2, 0.25) is 0 Å². The SMILES string of the molecule is CC.CC(=N)/C=C(\C1=CC=C2C(c3ccccc3)=CC(C)=C21)c1ccccc1. The van der Waals surface area contributed by atoms with Crippen molar-refractivity contribution >= 4 is 16.9 Å². The van der Waals surface area contributed by atoms with Crippen molar-refractivity contribution in [2.24, 2.45) is 0 Å². The normalized spacial score (nSPS) is 15.3. The number of fused-ring (bicyclic) bond motifs is 1. The third-order valence-electron chi connectivity index (χ3n) is 4.82. The predicted molar refractivity (Wildman–Crippen MR) is 122 cm³/mol. The first-order valence-corrected chi connectivity index (χ1v) is 9.89. The van der Waals surface area contributed by atoms with Crippen LogP contribution in [0.15, 0.2) is 107 Å². The highest BCUT2D eigenvalue weighted by atomic mass is 14.4. The topological polar surface area (TPSA) is 23.9 Å². The molecule has 0 spiro atoms. The lowest BCUT2D eigenvalue weighted by atomic mass is 9.89. The standard InChI is InChI=1S/C25H21N.C2H6/c1-17-15-23(19-9-5-3-6-10-19)21-13-14-22(25(17)21)24(16-18(2)26)20-11-7-4-8-12-20;1-2/h3-16,26H,1-2H3;1-2H3/b24-16-,26-18?;. The highest BCUT2D eigenvalue weighted by molar-refractivity contribution is 6.06. The Balaban J connectivity index is 0.00000109. The summed E-state index contributed by atoms with van der Waals surface area (Å²) < 4.78 is 0. The average Bonchev–Trinajstić information content (AvgIpc) is 3.30. The van der Waals surface area contributed by atoms with Gasteiger partial charge in [0.25, 0.3) is 0 Å². The molecule has 0 radical (unpaired) electrons. The number of hydrogen-bond donors (Lipinski definition) is 1. The minimum Gasteiger partial charge on any atom is -0.306 e. The summed E-state index contributed by atoms with van der Waals surface area (Å²) in [5.41, 5.74) is 10.4. The second kappa shape index (κ2) is 8.67. The molecule has 0 aromatic heterocycles. The van der Waals surface area contributed by atoms with Gasteiger partial charge in [0.1, 0.15) is 0 Å². The van der Waals surface area contributed by atoms with Gasteiger partial charge < -0.3 is 5.41 Å². The fraction of sp³-hybridized carbons (Fsp3) is 0.148. The molecular formula is C27H27N. The third kappa shape index (κ3) is 3.75. The highest BCUT2D eigenvalue weighted by Crippen LogP contribution is 2.47. The van der Waals surface area contributed by atoms with E-state index < -0.39 is 0 Å². The molecule has 0 unspecified atom stereocenters. The van der Waals surface area contributed by atoms with Crippen molar-refractivity contribution < 1.29 is 0 Å². The van der Waals surface area contributed by atoms with Crippen molar-refractivity contribution in [3.05, 3.63) is 118 Å². The molecule has 0 bridgehead atoms. The molecule has 0 aliphatic heterocycles. The zero-order valence-electron chi connectivity index (χ0n) is 17.1. The van der Waals surface area contributed by atoms with Crippen LogP contribution >= 0.6 is 0 Å². The Hall–Kier alpha value is -3.19. The fourth-order valence-corrected chi connectivity index (χ4v) is 3.73. The Bertz CT molecular complexity index is 1030. The van der Waals surface area contributed by atoms with E-state index in [1.165, 1.54) is 33.4 Å². The molecule has 1 nitrogen and oxygen atoms in total. The van der Waals surface area contributed by atoms with Crippen LogP contribution in [0.1, 0.15) is 38.8 Å². The lowest BCUT2D eigenvalue weighted by Gasteiger charge is -2.14. The van der Waals surface area contributed by atoms with Gasteiger partial charge in [-0.15, -0.1) is 0 Å². The minimum atomic E-state index is 0.561. The van der Waals surface area contributed by atoms with E-state index in [-0.39, 0.29) is 0 Å². The van der Waals surface area contributed by atoms with Crippen LogP contribution in [-0.2, 0) is 0 Å². The summed E-state index contributed by atoms with van der Waals surface area (Å²) in [6.45, 7) is 8.01. The highest BCUT2D eigenvalue weighted by Gasteiger charge is 2.28. The summed E-state index contributed by atoms with van der Waals surface area (Å²) in [6.07, 6.45) is 8.67. The Labute approximate surface area is 168 Å². The summed E-state index contributed by atoms with van der Waals surface area (Å²) >= 11 is 0. The molecule has 0 amide bonds. The number of benzene rings is 2. The number of rotatable bonds is 4. The second-order valence-corrected chi connectivity index (χ2v) is 6.75. The molecule has 140 valence electrons. The van der Waals surface area contributed by atoms with Crippen molar-refractivity contribution in [3.8, 4) is 0 Å². The van der Waals surface area contributed by atoms with Crippen LogP contribution < -0.4 is 0 Å². The molecule has 2 aliphatic rings. The second-order valence-electron chi connectivity index (χ2n) is 6.75. The molecular weight excluding hydrogens is 338 g/mol. The van der Waals surface area contributed by atoms with E-state index in [1.54, 1.807) is 0 Å². The maximum Gasteiger partial charge on any atom is 0.0289 e. The Morgan fingerprint density at radius 1 is 0.821 bits per heavy atom. The fourth-order valence-electron chi connectivity index (χ4n) is 3.73. The summed E-state index contributed by atoms with van der Waals surface area (Å²) in [4.78, 5) is 0. The molecule has 4 rings (SSSR count). The van der Waals surface area contributed by atoms with Crippen LogP contribution in [0.3, 0.4) is 0 Å². The van der Waals surface area contributed by atoms with Crippen molar-refractivity contribution in [2.45, 2.75) is 27.7 Å². The Kier molecular flexibility index (Phi) is 6.06. The largest absolute Gasteiger partial charge is 0.306 e. The monoisotopic (exact) mass is 365 g/mol. The summed E-state index contributed by atoms with van der Waals surface area (Å²) in [7, 11) is 0. The molecule has 2 aromatic carbocycles. The van der Waals surface area contributed by atoms with E-state index in [0.29, 0.717) is 5.71 Å². The lowest BCUT2D eigenvalue weighted by molar-refractivity contribution is 1.43. The van der Waals surface area contributed by atoms with Crippen LogP contribution in [0.2, 0.25) is 0 Å². The van der Waals surface area contributed by atoms with Gasteiger partial charge in [-0.2, -0.15) is 0 Å². The maximum atomic E-state index is 8.00. The Morgan fingerprint density at radius 2 is 1.43 bits per heavy atom.